The molecule has 0 radical (unpaired) electrons. The molecule has 0 spiro atoms. The van der Waals surface area contributed by atoms with Crippen LogP contribution in [-0.4, -0.2) is 45.9 Å². The van der Waals surface area contributed by atoms with E-state index in [-0.39, 0.29) is 16.7 Å². The zero-order valence-electron chi connectivity index (χ0n) is 15.6. The molecule has 0 saturated heterocycles. The number of carbonyl (C=O) groups is 1. The standard InChI is InChI=1S/C19H22N2O5S/c1-12-19(2,3)17-15-8-7-14(27(24,25)26)10-13(15)11-20-18(17)21(12)9-5-4-6-16(22)23/h7-8,10-11H,4-6,9H2,1-3H3,(H-,22,23,24,25,26)/p+1. The van der Waals surface area contributed by atoms with Crippen molar-refractivity contribution in [1.29, 1.82) is 0 Å². The minimum Gasteiger partial charge on any atom is -0.481 e. The van der Waals surface area contributed by atoms with Gasteiger partial charge >= 0.3 is 11.8 Å². The first kappa shape index (κ1) is 19.4. The fourth-order valence-corrected chi connectivity index (χ4v) is 4.19. The fraction of sp³-hybridized carbons (Fsp3) is 0.421. The Hall–Kier alpha value is -2.32. The molecule has 0 unspecified atom stereocenters. The molecule has 0 atom stereocenters. The molecule has 1 aromatic heterocycles. The van der Waals surface area contributed by atoms with Crippen LogP contribution < -0.4 is 0 Å². The van der Waals surface area contributed by atoms with Crippen molar-refractivity contribution >= 4 is 38.4 Å². The molecule has 0 bridgehead atoms. The number of aromatic nitrogens is 1. The molecule has 7 nitrogen and oxygen atoms in total. The summed E-state index contributed by atoms with van der Waals surface area (Å²) < 4.78 is 34.2. The van der Waals surface area contributed by atoms with Gasteiger partial charge in [0.25, 0.3) is 10.1 Å². The lowest BCUT2D eigenvalue weighted by Gasteiger charge is -2.18. The summed E-state index contributed by atoms with van der Waals surface area (Å²) in [5.74, 6) is 0.0246. The highest BCUT2D eigenvalue weighted by molar-refractivity contribution is 7.85. The Morgan fingerprint density at radius 1 is 1.26 bits per heavy atom. The fourth-order valence-electron chi connectivity index (χ4n) is 3.67. The van der Waals surface area contributed by atoms with Gasteiger partial charge in [0.1, 0.15) is 6.20 Å². The molecule has 144 valence electrons. The third-order valence-electron chi connectivity index (χ3n) is 5.35. The van der Waals surface area contributed by atoms with Crippen molar-refractivity contribution in [2.24, 2.45) is 0 Å². The van der Waals surface area contributed by atoms with Crippen LogP contribution in [0.4, 0.5) is 5.82 Å². The van der Waals surface area contributed by atoms with Crippen LogP contribution in [0.1, 0.15) is 45.6 Å². The smallest absolute Gasteiger partial charge is 0.327 e. The number of carboxylic acid groups (broad SMARTS) is 1. The summed E-state index contributed by atoms with van der Waals surface area (Å²) in [4.78, 5) is 15.1. The van der Waals surface area contributed by atoms with Crippen molar-refractivity contribution in [3.63, 3.8) is 0 Å². The van der Waals surface area contributed by atoms with Crippen molar-refractivity contribution in [2.45, 2.75) is 50.3 Å². The third kappa shape index (κ3) is 3.46. The molecule has 2 N–H and O–H groups in total. The second-order valence-corrected chi connectivity index (χ2v) is 8.82. The van der Waals surface area contributed by atoms with Crippen LogP contribution in [0.3, 0.4) is 0 Å². The van der Waals surface area contributed by atoms with Crippen molar-refractivity contribution in [1.82, 2.24) is 4.98 Å². The number of rotatable bonds is 6. The number of carboxylic acids is 1. The van der Waals surface area contributed by atoms with Crippen molar-refractivity contribution in [3.05, 3.63) is 30.0 Å². The van der Waals surface area contributed by atoms with E-state index in [0.717, 1.165) is 28.9 Å². The van der Waals surface area contributed by atoms with Crippen molar-refractivity contribution in [2.75, 3.05) is 6.54 Å². The Morgan fingerprint density at radius 3 is 2.59 bits per heavy atom. The number of hydrogen-bond acceptors (Lipinski definition) is 4. The van der Waals surface area contributed by atoms with Crippen LogP contribution in [-0.2, 0) is 20.3 Å². The summed E-state index contributed by atoms with van der Waals surface area (Å²) in [5.41, 5.74) is 1.83. The molecule has 0 fully saturated rings. The Bertz CT molecular complexity index is 1070. The van der Waals surface area contributed by atoms with Crippen LogP contribution in [0.2, 0.25) is 0 Å². The number of aliphatic carboxylic acids is 1. The molecular weight excluding hydrogens is 368 g/mol. The number of nitrogens with zero attached hydrogens (tertiary/aromatic N) is 2. The molecule has 0 amide bonds. The van der Waals surface area contributed by atoms with E-state index in [2.05, 4.69) is 23.4 Å². The van der Waals surface area contributed by atoms with E-state index in [1.807, 2.05) is 6.92 Å². The minimum atomic E-state index is -4.27. The second-order valence-electron chi connectivity index (χ2n) is 7.39. The maximum Gasteiger partial charge on any atom is 0.327 e. The van der Waals surface area contributed by atoms with Crippen LogP contribution in [0, 0.1) is 0 Å². The van der Waals surface area contributed by atoms with Crippen LogP contribution in [0.5, 0.6) is 0 Å². The number of fused-ring (bicyclic) bond motifs is 3. The van der Waals surface area contributed by atoms with E-state index in [1.54, 1.807) is 12.3 Å². The SMILES string of the molecule is CC1=[N+](CCCCC(=O)O)c2ncc3cc(S(=O)(=O)O)ccc3c2C1(C)C. The molecule has 2 aromatic rings. The highest BCUT2D eigenvalue weighted by Crippen LogP contribution is 2.42. The number of unbranched alkanes of at least 4 members (excludes halogenated alkanes) is 1. The lowest BCUT2D eigenvalue weighted by atomic mass is 9.81. The van der Waals surface area contributed by atoms with Crippen LogP contribution in [0.25, 0.3) is 10.8 Å². The largest absolute Gasteiger partial charge is 0.481 e. The Kier molecular flexibility index (Phi) is 4.81. The normalized spacial score (nSPS) is 16.0. The molecule has 1 aliphatic rings. The van der Waals surface area contributed by atoms with Crippen LogP contribution in [0.15, 0.2) is 29.3 Å². The van der Waals surface area contributed by atoms with Crippen LogP contribution >= 0.6 is 0 Å². The minimum absolute atomic E-state index is 0.146. The number of hydrogen-bond donors (Lipinski definition) is 2. The summed E-state index contributed by atoms with van der Waals surface area (Å²) >= 11 is 0. The summed E-state index contributed by atoms with van der Waals surface area (Å²) in [6.45, 7) is 6.90. The summed E-state index contributed by atoms with van der Waals surface area (Å²) in [6.07, 6.45) is 3.09. The van der Waals surface area contributed by atoms with Gasteiger partial charge < -0.3 is 5.11 Å². The highest BCUT2D eigenvalue weighted by Gasteiger charge is 2.43. The monoisotopic (exact) mass is 391 g/mol. The van der Waals surface area contributed by atoms with Gasteiger partial charge in [0.2, 0.25) is 0 Å². The van der Waals surface area contributed by atoms with E-state index in [1.165, 1.54) is 12.1 Å². The zero-order valence-corrected chi connectivity index (χ0v) is 16.4. The average Bonchev–Trinajstić information content (AvgIpc) is 2.77. The van der Waals surface area contributed by atoms with Gasteiger partial charge in [-0.2, -0.15) is 8.42 Å². The number of benzene rings is 1. The van der Waals surface area contributed by atoms with E-state index in [4.69, 9.17) is 5.11 Å². The topological polar surface area (TPSA) is 108 Å². The third-order valence-corrected chi connectivity index (χ3v) is 6.20. The predicted molar refractivity (Wildman–Crippen MR) is 102 cm³/mol. The van der Waals surface area contributed by atoms with Gasteiger partial charge in [0.05, 0.1) is 28.1 Å². The quantitative estimate of drug-likeness (QED) is 0.445. The Morgan fingerprint density at radius 2 is 1.96 bits per heavy atom. The molecular formula is C19H23N2O5S+. The average molecular weight is 391 g/mol. The molecule has 0 aliphatic carbocycles. The van der Waals surface area contributed by atoms with Gasteiger partial charge in [-0.25, -0.2) is 4.58 Å². The highest BCUT2D eigenvalue weighted by atomic mass is 32.2. The molecule has 1 aliphatic heterocycles. The van der Waals surface area contributed by atoms with E-state index < -0.39 is 16.1 Å². The lowest BCUT2D eigenvalue weighted by Crippen LogP contribution is -2.27. The van der Waals surface area contributed by atoms with Gasteiger partial charge in [-0.15, -0.1) is 0 Å². The molecule has 27 heavy (non-hydrogen) atoms. The Labute approximate surface area is 158 Å². The second kappa shape index (κ2) is 6.69. The zero-order chi connectivity index (χ0) is 20.0. The first-order valence-electron chi connectivity index (χ1n) is 8.77. The van der Waals surface area contributed by atoms with Crippen molar-refractivity contribution in [3.8, 4) is 0 Å². The first-order valence-corrected chi connectivity index (χ1v) is 10.2. The summed E-state index contributed by atoms with van der Waals surface area (Å²) in [6, 6.07) is 4.54. The van der Waals surface area contributed by atoms with Crippen molar-refractivity contribution < 1.29 is 27.4 Å². The Balaban J connectivity index is 2.05. The lowest BCUT2D eigenvalue weighted by molar-refractivity contribution is -0.443. The van der Waals surface area contributed by atoms with Gasteiger partial charge in [-0.05, 0) is 56.1 Å². The van der Waals surface area contributed by atoms with Gasteiger partial charge in [0, 0.05) is 11.8 Å². The first-order chi connectivity index (χ1) is 12.5. The molecule has 1 aromatic carbocycles. The maximum atomic E-state index is 11.4. The summed E-state index contributed by atoms with van der Waals surface area (Å²) in [7, 11) is -4.27. The molecule has 2 heterocycles. The summed E-state index contributed by atoms with van der Waals surface area (Å²) in [5, 5.41) is 10.3. The molecule has 3 rings (SSSR count). The van der Waals surface area contributed by atoms with Gasteiger partial charge in [-0.3, -0.25) is 9.35 Å². The number of pyridine rings is 1. The van der Waals surface area contributed by atoms with E-state index >= 15 is 0 Å². The van der Waals surface area contributed by atoms with Gasteiger partial charge in [-0.1, -0.05) is 6.07 Å². The van der Waals surface area contributed by atoms with E-state index in [0.29, 0.717) is 18.4 Å². The molecule has 8 heteroatoms. The predicted octanol–water partition coefficient (Wildman–Crippen LogP) is 3.13. The van der Waals surface area contributed by atoms with Gasteiger partial charge in [0.15, 0.2) is 0 Å². The van der Waals surface area contributed by atoms with E-state index in [9.17, 15) is 17.8 Å². The molecule has 0 saturated carbocycles. The maximum absolute atomic E-state index is 11.4.